The Morgan fingerprint density at radius 2 is 1.18 bits per heavy atom. The summed E-state index contributed by atoms with van der Waals surface area (Å²) in [5.74, 6) is 0. The second-order valence-corrected chi connectivity index (χ2v) is 8.53. The molecule has 0 aliphatic heterocycles. The molecular formula is C31H19NO2. The molecule has 0 aliphatic rings. The average Bonchev–Trinajstić information content (AvgIpc) is 3.28. The fraction of sp³-hybridized carbons (Fsp3) is 0. The Morgan fingerprint density at radius 1 is 0.529 bits per heavy atom. The van der Waals surface area contributed by atoms with Gasteiger partial charge in [-0.1, -0.05) is 84.9 Å². The van der Waals surface area contributed by atoms with Gasteiger partial charge in [0.2, 0.25) is 0 Å². The van der Waals surface area contributed by atoms with Gasteiger partial charge in [0.05, 0.1) is 5.52 Å². The third kappa shape index (κ3) is 2.67. The number of hydrogen-bond donors (Lipinski definition) is 0. The first-order valence-corrected chi connectivity index (χ1v) is 11.3. The van der Waals surface area contributed by atoms with E-state index in [4.69, 9.17) is 4.42 Å². The molecule has 0 saturated heterocycles. The molecule has 0 amide bonds. The number of pyridine rings is 1. The first-order valence-electron chi connectivity index (χ1n) is 11.3. The maximum atomic E-state index is 13.5. The molecule has 7 rings (SSSR count). The Bertz CT molecular complexity index is 1920. The summed E-state index contributed by atoms with van der Waals surface area (Å²) in [5, 5.41) is 4.98. The average molecular weight is 437 g/mol. The number of para-hydroxylation sites is 3. The van der Waals surface area contributed by atoms with E-state index in [1.54, 1.807) is 0 Å². The number of rotatable bonds is 2. The number of fused-ring (bicyclic) bond motifs is 6. The molecule has 0 saturated carbocycles. The van der Waals surface area contributed by atoms with Gasteiger partial charge >= 0.3 is 0 Å². The third-order valence-corrected chi connectivity index (χ3v) is 6.64. The van der Waals surface area contributed by atoms with Gasteiger partial charge in [-0.05, 0) is 41.3 Å². The van der Waals surface area contributed by atoms with Crippen molar-refractivity contribution in [1.82, 2.24) is 4.57 Å². The van der Waals surface area contributed by atoms with E-state index in [-0.39, 0.29) is 5.56 Å². The van der Waals surface area contributed by atoms with E-state index in [1.165, 1.54) is 0 Å². The lowest BCUT2D eigenvalue weighted by Gasteiger charge is -2.14. The summed E-state index contributed by atoms with van der Waals surface area (Å²) in [6.07, 6.45) is 0. The monoisotopic (exact) mass is 437 g/mol. The minimum absolute atomic E-state index is 0.0126. The second kappa shape index (κ2) is 7.19. The van der Waals surface area contributed by atoms with Crippen LogP contribution in [0, 0.1) is 0 Å². The van der Waals surface area contributed by atoms with Gasteiger partial charge in [-0.3, -0.25) is 9.36 Å². The summed E-state index contributed by atoms with van der Waals surface area (Å²) in [6.45, 7) is 0. The van der Waals surface area contributed by atoms with Crippen molar-refractivity contribution in [3.05, 3.63) is 126 Å². The lowest BCUT2D eigenvalue weighted by atomic mass is 10.0. The smallest absolute Gasteiger partial charge is 0.263 e. The van der Waals surface area contributed by atoms with E-state index in [1.807, 2.05) is 77.4 Å². The lowest BCUT2D eigenvalue weighted by Crippen LogP contribution is -2.19. The van der Waals surface area contributed by atoms with Crippen LogP contribution in [0.15, 0.2) is 124 Å². The van der Waals surface area contributed by atoms with Gasteiger partial charge in [0.15, 0.2) is 0 Å². The van der Waals surface area contributed by atoms with Gasteiger partial charge in [-0.25, -0.2) is 0 Å². The SMILES string of the molecule is O=c1c2ccccc2c2ccccc2n1-c1ccc(-c2cccc3c2oc2ccccc23)cc1. The molecule has 0 aliphatic carbocycles. The van der Waals surface area contributed by atoms with Gasteiger partial charge in [0.25, 0.3) is 5.56 Å². The van der Waals surface area contributed by atoms with Crippen molar-refractivity contribution >= 4 is 43.6 Å². The molecule has 3 heteroatoms. The van der Waals surface area contributed by atoms with Crippen molar-refractivity contribution in [2.45, 2.75) is 0 Å². The van der Waals surface area contributed by atoms with Crippen LogP contribution in [0.25, 0.3) is 60.4 Å². The van der Waals surface area contributed by atoms with Crippen molar-refractivity contribution in [2.24, 2.45) is 0 Å². The lowest BCUT2D eigenvalue weighted by molar-refractivity contribution is 0.670. The highest BCUT2D eigenvalue weighted by atomic mass is 16.3. The molecule has 34 heavy (non-hydrogen) atoms. The van der Waals surface area contributed by atoms with E-state index < -0.39 is 0 Å². The second-order valence-electron chi connectivity index (χ2n) is 8.53. The topological polar surface area (TPSA) is 35.1 Å². The number of nitrogens with zero attached hydrogens (tertiary/aromatic N) is 1. The Morgan fingerprint density at radius 3 is 2.00 bits per heavy atom. The fourth-order valence-electron chi connectivity index (χ4n) is 5.05. The predicted molar refractivity (Wildman–Crippen MR) is 140 cm³/mol. The van der Waals surface area contributed by atoms with Crippen LogP contribution in [-0.2, 0) is 0 Å². The molecule has 0 radical (unpaired) electrons. The van der Waals surface area contributed by atoms with Crippen molar-refractivity contribution in [3.8, 4) is 16.8 Å². The number of aromatic nitrogens is 1. The minimum Gasteiger partial charge on any atom is -0.455 e. The zero-order chi connectivity index (χ0) is 22.6. The van der Waals surface area contributed by atoms with E-state index in [0.717, 1.165) is 60.4 Å². The summed E-state index contributed by atoms with van der Waals surface area (Å²) >= 11 is 0. The van der Waals surface area contributed by atoms with Gasteiger partial charge in [-0.15, -0.1) is 0 Å². The maximum Gasteiger partial charge on any atom is 0.263 e. The maximum absolute atomic E-state index is 13.5. The molecule has 160 valence electrons. The molecule has 0 fully saturated rings. The highest BCUT2D eigenvalue weighted by Gasteiger charge is 2.14. The highest BCUT2D eigenvalue weighted by molar-refractivity contribution is 6.09. The Labute approximate surface area is 195 Å². The van der Waals surface area contributed by atoms with Crippen LogP contribution < -0.4 is 5.56 Å². The van der Waals surface area contributed by atoms with Gasteiger partial charge in [-0.2, -0.15) is 0 Å². The van der Waals surface area contributed by atoms with Gasteiger partial charge < -0.3 is 4.42 Å². The first-order chi connectivity index (χ1) is 16.8. The van der Waals surface area contributed by atoms with Crippen LogP contribution in [0.3, 0.4) is 0 Å². The van der Waals surface area contributed by atoms with Crippen LogP contribution >= 0.6 is 0 Å². The minimum atomic E-state index is -0.0126. The largest absolute Gasteiger partial charge is 0.455 e. The van der Waals surface area contributed by atoms with Crippen LogP contribution in [-0.4, -0.2) is 4.57 Å². The molecule has 2 heterocycles. The molecule has 0 unspecified atom stereocenters. The van der Waals surface area contributed by atoms with Crippen LogP contribution in [0.1, 0.15) is 0 Å². The van der Waals surface area contributed by atoms with E-state index in [0.29, 0.717) is 0 Å². The Balaban J connectivity index is 1.44. The summed E-state index contributed by atoms with van der Waals surface area (Å²) in [4.78, 5) is 13.5. The molecule has 0 bridgehead atoms. The summed E-state index contributed by atoms with van der Waals surface area (Å²) in [5.41, 5.74) is 5.58. The molecular weight excluding hydrogens is 418 g/mol. The Kier molecular flexibility index (Phi) is 4.00. The third-order valence-electron chi connectivity index (χ3n) is 6.64. The van der Waals surface area contributed by atoms with Crippen molar-refractivity contribution < 1.29 is 4.42 Å². The molecule has 0 N–H and O–H groups in total. The number of benzene rings is 5. The molecule has 0 atom stereocenters. The zero-order valence-electron chi connectivity index (χ0n) is 18.2. The van der Waals surface area contributed by atoms with Crippen LogP contribution in [0.2, 0.25) is 0 Å². The normalized spacial score (nSPS) is 11.6. The Hall–Kier alpha value is -4.63. The number of hydrogen-bond acceptors (Lipinski definition) is 2. The van der Waals surface area contributed by atoms with Crippen molar-refractivity contribution in [2.75, 3.05) is 0 Å². The fourth-order valence-corrected chi connectivity index (χ4v) is 5.05. The molecule has 5 aromatic carbocycles. The highest BCUT2D eigenvalue weighted by Crippen LogP contribution is 2.36. The van der Waals surface area contributed by atoms with Crippen molar-refractivity contribution in [3.63, 3.8) is 0 Å². The molecule has 3 nitrogen and oxygen atoms in total. The summed E-state index contributed by atoms with van der Waals surface area (Å²) < 4.78 is 8.03. The van der Waals surface area contributed by atoms with Crippen LogP contribution in [0.5, 0.6) is 0 Å². The van der Waals surface area contributed by atoms with Crippen molar-refractivity contribution in [1.29, 1.82) is 0 Å². The molecule has 0 spiro atoms. The predicted octanol–water partition coefficient (Wildman–Crippen LogP) is 7.71. The van der Waals surface area contributed by atoms with E-state index >= 15 is 0 Å². The van der Waals surface area contributed by atoms with E-state index in [9.17, 15) is 4.79 Å². The quantitative estimate of drug-likeness (QED) is 0.260. The number of furan rings is 1. The molecule has 7 aromatic rings. The van der Waals surface area contributed by atoms with E-state index in [2.05, 4.69) is 42.5 Å². The summed E-state index contributed by atoms with van der Waals surface area (Å²) in [6, 6.07) is 38.4. The zero-order valence-corrected chi connectivity index (χ0v) is 18.2. The van der Waals surface area contributed by atoms with Gasteiger partial charge in [0.1, 0.15) is 11.2 Å². The summed E-state index contributed by atoms with van der Waals surface area (Å²) in [7, 11) is 0. The molecule has 2 aromatic heterocycles. The first kappa shape index (κ1) is 18.9. The van der Waals surface area contributed by atoms with Gasteiger partial charge in [0, 0.05) is 32.8 Å². The standard InChI is InChI=1S/C31H19NO2/c33-31-27-11-2-1-8-23(27)24-9-3-5-14-28(24)32(31)21-18-16-20(17-19-21)22-12-7-13-26-25-10-4-6-15-29(25)34-30(22)26/h1-19H. The van der Waals surface area contributed by atoms with Crippen LogP contribution in [0.4, 0.5) is 0 Å².